The molecule has 0 unspecified atom stereocenters. The van der Waals surface area contributed by atoms with Crippen molar-refractivity contribution in [3.05, 3.63) is 60.4 Å². The average molecular weight is 570 g/mol. The largest absolute Gasteiger partial charge is 0.482 e. The number of benzene rings is 2. The molecule has 0 bridgehead atoms. The van der Waals surface area contributed by atoms with Crippen LogP contribution in [0.4, 0.5) is 0 Å². The van der Waals surface area contributed by atoms with E-state index >= 15 is 0 Å². The van der Waals surface area contributed by atoms with Crippen molar-refractivity contribution in [1.82, 2.24) is 16.2 Å². The highest BCUT2D eigenvalue weighted by molar-refractivity contribution is 9.11. The monoisotopic (exact) mass is 567 g/mol. The van der Waals surface area contributed by atoms with Gasteiger partial charge in [-0.25, -0.2) is 0 Å². The number of hydrogen-bond acceptors (Lipinski definition) is 4. The highest BCUT2D eigenvalue weighted by Crippen LogP contribution is 2.32. The lowest BCUT2D eigenvalue weighted by molar-refractivity contribution is -0.121. The number of aryl methyl sites for hydroxylation is 1. The van der Waals surface area contributed by atoms with Crippen molar-refractivity contribution in [1.29, 1.82) is 0 Å². The standard InChI is InChI=1S/C17H13Br2Cl2N3O3S/c1-8-4-9(18)5-12(19)15(8)27-7-14(25)22-17(28)24-23-16(26)11-3-2-10(20)6-13(11)21/h2-6H,7H2,1H3,(H,23,26)(H2,22,24,25,28). The highest BCUT2D eigenvalue weighted by Gasteiger charge is 2.13. The first-order valence-electron chi connectivity index (χ1n) is 7.61. The zero-order valence-corrected chi connectivity index (χ0v) is 19.7. The number of carbonyl (C=O) groups is 2. The van der Waals surface area contributed by atoms with Crippen LogP contribution >= 0.6 is 67.3 Å². The van der Waals surface area contributed by atoms with E-state index in [1.54, 1.807) is 0 Å². The smallest absolute Gasteiger partial charge is 0.271 e. The van der Waals surface area contributed by atoms with Gasteiger partial charge in [-0.3, -0.25) is 25.8 Å². The molecule has 0 saturated heterocycles. The van der Waals surface area contributed by atoms with Gasteiger partial charge in [-0.1, -0.05) is 39.1 Å². The van der Waals surface area contributed by atoms with Crippen LogP contribution in [-0.2, 0) is 4.79 Å². The van der Waals surface area contributed by atoms with E-state index < -0.39 is 11.8 Å². The number of nitrogens with one attached hydrogen (secondary N) is 3. The normalized spacial score (nSPS) is 10.2. The summed E-state index contributed by atoms with van der Waals surface area (Å²) >= 11 is 23.5. The Hall–Kier alpha value is -1.39. The number of halogens is 4. The van der Waals surface area contributed by atoms with E-state index in [0.717, 1.165) is 10.0 Å². The number of thiocarbonyl (C=S) groups is 1. The molecule has 0 aliphatic carbocycles. The van der Waals surface area contributed by atoms with E-state index in [1.807, 2.05) is 19.1 Å². The molecule has 0 aromatic heterocycles. The summed E-state index contributed by atoms with van der Waals surface area (Å²) < 4.78 is 7.12. The molecular weight excluding hydrogens is 557 g/mol. The summed E-state index contributed by atoms with van der Waals surface area (Å²) in [6.45, 7) is 1.59. The van der Waals surface area contributed by atoms with E-state index in [4.69, 9.17) is 40.2 Å². The molecule has 6 nitrogen and oxygen atoms in total. The Bertz CT molecular complexity index is 921. The van der Waals surface area contributed by atoms with Crippen LogP contribution in [0.15, 0.2) is 39.3 Å². The first-order chi connectivity index (χ1) is 13.2. The summed E-state index contributed by atoms with van der Waals surface area (Å²) in [5.74, 6) is -0.489. The van der Waals surface area contributed by atoms with E-state index in [-0.39, 0.29) is 22.3 Å². The Kier molecular flexibility index (Phi) is 8.51. The molecule has 0 spiro atoms. The Morgan fingerprint density at radius 1 is 1.14 bits per heavy atom. The van der Waals surface area contributed by atoms with Crippen molar-refractivity contribution in [2.75, 3.05) is 6.61 Å². The molecule has 0 radical (unpaired) electrons. The lowest BCUT2D eigenvalue weighted by Gasteiger charge is -2.13. The van der Waals surface area contributed by atoms with Crippen LogP contribution < -0.4 is 20.9 Å². The maximum absolute atomic E-state index is 12.1. The fourth-order valence-electron chi connectivity index (χ4n) is 2.06. The molecule has 0 heterocycles. The number of ether oxygens (including phenoxy) is 1. The SMILES string of the molecule is Cc1cc(Br)cc(Br)c1OCC(=O)NC(=S)NNC(=O)c1ccc(Cl)cc1Cl. The van der Waals surface area contributed by atoms with Gasteiger partial charge in [-0.15, -0.1) is 0 Å². The second-order valence-electron chi connectivity index (χ2n) is 5.40. The van der Waals surface area contributed by atoms with Crippen LogP contribution in [0.3, 0.4) is 0 Å². The van der Waals surface area contributed by atoms with Crippen LogP contribution in [0.1, 0.15) is 15.9 Å². The van der Waals surface area contributed by atoms with E-state index in [1.165, 1.54) is 18.2 Å². The fourth-order valence-corrected chi connectivity index (χ4v) is 4.27. The average Bonchev–Trinajstić information content (AvgIpc) is 2.58. The molecule has 2 amide bonds. The molecule has 0 atom stereocenters. The van der Waals surface area contributed by atoms with Gasteiger partial charge in [0, 0.05) is 9.50 Å². The highest BCUT2D eigenvalue weighted by atomic mass is 79.9. The van der Waals surface area contributed by atoms with Gasteiger partial charge >= 0.3 is 0 Å². The summed E-state index contributed by atoms with van der Waals surface area (Å²) in [6, 6.07) is 8.11. The van der Waals surface area contributed by atoms with Gasteiger partial charge in [-0.05, 0) is 71.0 Å². The van der Waals surface area contributed by atoms with Gasteiger partial charge in [0.25, 0.3) is 11.8 Å². The summed E-state index contributed by atoms with van der Waals surface area (Å²) in [4.78, 5) is 24.1. The molecule has 11 heteroatoms. The Balaban J connectivity index is 1.83. The Morgan fingerprint density at radius 3 is 2.50 bits per heavy atom. The van der Waals surface area contributed by atoms with Crippen molar-refractivity contribution < 1.29 is 14.3 Å². The van der Waals surface area contributed by atoms with Gasteiger partial charge in [-0.2, -0.15) is 0 Å². The van der Waals surface area contributed by atoms with Crippen LogP contribution in [0.5, 0.6) is 5.75 Å². The lowest BCUT2D eigenvalue weighted by Crippen LogP contribution is -2.49. The number of carbonyl (C=O) groups excluding carboxylic acids is 2. The van der Waals surface area contributed by atoms with Crippen molar-refractivity contribution >= 4 is 84.2 Å². The minimum atomic E-state index is -0.538. The quantitative estimate of drug-likeness (QED) is 0.372. The topological polar surface area (TPSA) is 79.5 Å². The van der Waals surface area contributed by atoms with E-state index in [2.05, 4.69) is 48.0 Å². The van der Waals surface area contributed by atoms with E-state index in [0.29, 0.717) is 15.2 Å². The Morgan fingerprint density at radius 2 is 1.86 bits per heavy atom. The predicted molar refractivity (Wildman–Crippen MR) is 120 cm³/mol. The molecule has 148 valence electrons. The predicted octanol–water partition coefficient (Wildman–Crippen LogP) is 4.54. The molecule has 0 saturated carbocycles. The van der Waals surface area contributed by atoms with Gasteiger partial charge in [0.2, 0.25) is 0 Å². The molecule has 2 rings (SSSR count). The minimum Gasteiger partial charge on any atom is -0.482 e. The molecule has 3 N–H and O–H groups in total. The van der Waals surface area contributed by atoms with Crippen LogP contribution in [0, 0.1) is 6.92 Å². The third-order valence-electron chi connectivity index (χ3n) is 3.26. The molecule has 0 aliphatic rings. The van der Waals surface area contributed by atoms with Gasteiger partial charge in [0.1, 0.15) is 5.75 Å². The van der Waals surface area contributed by atoms with Crippen LogP contribution in [-0.4, -0.2) is 23.5 Å². The maximum atomic E-state index is 12.1. The second-order valence-corrected chi connectivity index (χ2v) is 8.42. The van der Waals surface area contributed by atoms with Crippen LogP contribution in [0.25, 0.3) is 0 Å². The van der Waals surface area contributed by atoms with Gasteiger partial charge < -0.3 is 4.74 Å². The Labute approximate surface area is 193 Å². The molecule has 2 aromatic rings. The molecule has 0 fully saturated rings. The summed E-state index contributed by atoms with van der Waals surface area (Å²) in [5, 5.41) is 2.89. The van der Waals surface area contributed by atoms with Crippen molar-refractivity contribution in [3.63, 3.8) is 0 Å². The number of hydrogen-bond donors (Lipinski definition) is 3. The van der Waals surface area contributed by atoms with Gasteiger partial charge in [0.05, 0.1) is 15.1 Å². The van der Waals surface area contributed by atoms with Crippen molar-refractivity contribution in [2.24, 2.45) is 0 Å². The zero-order valence-electron chi connectivity index (χ0n) is 14.2. The fraction of sp³-hybridized carbons (Fsp3) is 0.118. The zero-order chi connectivity index (χ0) is 20.8. The third-order valence-corrected chi connectivity index (χ3v) is 5.06. The lowest BCUT2D eigenvalue weighted by atomic mass is 10.2. The second kappa shape index (κ2) is 10.4. The molecule has 2 aromatic carbocycles. The van der Waals surface area contributed by atoms with Crippen molar-refractivity contribution in [2.45, 2.75) is 6.92 Å². The molecule has 0 aliphatic heterocycles. The molecule has 28 heavy (non-hydrogen) atoms. The van der Waals surface area contributed by atoms with Crippen LogP contribution in [0.2, 0.25) is 10.0 Å². The summed E-state index contributed by atoms with van der Waals surface area (Å²) in [6.07, 6.45) is 0. The van der Waals surface area contributed by atoms with Gasteiger partial charge in [0.15, 0.2) is 11.7 Å². The van der Waals surface area contributed by atoms with Crippen molar-refractivity contribution in [3.8, 4) is 5.75 Å². The first-order valence-corrected chi connectivity index (χ1v) is 10.4. The number of hydrazine groups is 1. The summed E-state index contributed by atoms with van der Waals surface area (Å²) in [5.41, 5.74) is 5.81. The van der Waals surface area contributed by atoms with E-state index in [9.17, 15) is 9.59 Å². The summed E-state index contributed by atoms with van der Waals surface area (Å²) in [7, 11) is 0. The number of rotatable bonds is 4. The number of amides is 2. The third kappa shape index (κ3) is 6.59. The first kappa shape index (κ1) is 22.9. The molecular formula is C17H13Br2Cl2N3O3S. The minimum absolute atomic E-state index is 0.0985. The maximum Gasteiger partial charge on any atom is 0.271 e.